The van der Waals surface area contributed by atoms with E-state index in [4.69, 9.17) is 11.6 Å². The molecule has 0 unspecified atom stereocenters. The van der Waals surface area contributed by atoms with Crippen LogP contribution in [-0.4, -0.2) is 10.5 Å². The summed E-state index contributed by atoms with van der Waals surface area (Å²) in [4.78, 5) is 25.5. The minimum absolute atomic E-state index is 0.00461. The fourth-order valence-corrected chi connectivity index (χ4v) is 3.51. The van der Waals surface area contributed by atoms with Crippen molar-refractivity contribution in [2.45, 2.75) is 13.5 Å². The summed E-state index contributed by atoms with van der Waals surface area (Å²) < 4.78 is 15.1. The van der Waals surface area contributed by atoms with Gasteiger partial charge in [-0.1, -0.05) is 35.4 Å². The number of nitrogens with one attached hydrogen (secondary N) is 1. The maximum atomic E-state index is 13.3. The van der Waals surface area contributed by atoms with Gasteiger partial charge >= 0.3 is 0 Å². The fourth-order valence-electron chi connectivity index (χ4n) is 3.33. The standard InChI is InChI=1S/C22H16ClFN2O2/c1-13-6-9-20-16(10-13)22(28)15-4-2-3-5-19(15)26(20)12-21(27)25-14-7-8-18(24)17(23)11-14/h2-11H,12H2,1H3,(H,25,27). The number of aromatic nitrogens is 1. The molecule has 3 aromatic carbocycles. The highest BCUT2D eigenvalue weighted by atomic mass is 35.5. The number of nitrogens with zero attached hydrogens (tertiary/aromatic N) is 1. The summed E-state index contributed by atoms with van der Waals surface area (Å²) in [5.41, 5.74) is 2.67. The van der Waals surface area contributed by atoms with E-state index >= 15 is 0 Å². The van der Waals surface area contributed by atoms with Gasteiger partial charge in [-0.25, -0.2) is 4.39 Å². The maximum Gasteiger partial charge on any atom is 0.244 e. The average molecular weight is 395 g/mol. The summed E-state index contributed by atoms with van der Waals surface area (Å²) in [6.07, 6.45) is 0. The van der Waals surface area contributed by atoms with E-state index in [-0.39, 0.29) is 22.9 Å². The molecule has 4 aromatic rings. The third kappa shape index (κ3) is 3.25. The molecule has 28 heavy (non-hydrogen) atoms. The fraction of sp³-hybridized carbons (Fsp3) is 0.0909. The number of hydrogen-bond acceptors (Lipinski definition) is 2. The molecule has 1 aromatic heterocycles. The Labute approximate surface area is 165 Å². The molecule has 0 radical (unpaired) electrons. The molecule has 1 heterocycles. The number of para-hydroxylation sites is 1. The van der Waals surface area contributed by atoms with Gasteiger partial charge in [0.2, 0.25) is 5.91 Å². The van der Waals surface area contributed by atoms with Crippen molar-refractivity contribution >= 4 is 45.0 Å². The first-order chi connectivity index (χ1) is 13.4. The zero-order valence-corrected chi connectivity index (χ0v) is 15.8. The monoisotopic (exact) mass is 394 g/mol. The van der Waals surface area contributed by atoms with Crippen LogP contribution in [0.1, 0.15) is 5.56 Å². The molecule has 0 fully saturated rings. The molecule has 1 N–H and O–H groups in total. The zero-order valence-electron chi connectivity index (χ0n) is 15.0. The van der Waals surface area contributed by atoms with Gasteiger partial charge in [0.25, 0.3) is 0 Å². The van der Waals surface area contributed by atoms with Gasteiger partial charge < -0.3 is 9.88 Å². The molecule has 0 saturated carbocycles. The third-order valence-corrected chi connectivity index (χ3v) is 4.92. The third-order valence-electron chi connectivity index (χ3n) is 4.63. The van der Waals surface area contributed by atoms with Crippen LogP contribution < -0.4 is 10.7 Å². The minimum Gasteiger partial charge on any atom is -0.331 e. The lowest BCUT2D eigenvalue weighted by Crippen LogP contribution is -2.21. The maximum absolute atomic E-state index is 13.3. The Hall–Kier alpha value is -3.18. The van der Waals surface area contributed by atoms with Crippen LogP contribution >= 0.6 is 11.6 Å². The second-order valence-corrected chi connectivity index (χ2v) is 7.04. The molecule has 0 aliphatic carbocycles. The second-order valence-electron chi connectivity index (χ2n) is 6.63. The van der Waals surface area contributed by atoms with E-state index in [0.29, 0.717) is 27.5 Å². The van der Waals surface area contributed by atoms with Crippen LogP contribution in [0.5, 0.6) is 0 Å². The lowest BCUT2D eigenvalue weighted by molar-refractivity contribution is -0.116. The number of rotatable bonds is 3. The van der Waals surface area contributed by atoms with Crippen LogP contribution in [0.3, 0.4) is 0 Å². The van der Waals surface area contributed by atoms with Crippen LogP contribution in [0.4, 0.5) is 10.1 Å². The second kappa shape index (κ2) is 7.09. The number of hydrogen-bond donors (Lipinski definition) is 1. The van der Waals surface area contributed by atoms with Crippen LogP contribution in [0, 0.1) is 12.7 Å². The number of carbonyl (C=O) groups is 1. The highest BCUT2D eigenvalue weighted by molar-refractivity contribution is 6.31. The van der Waals surface area contributed by atoms with Crippen LogP contribution in [0.15, 0.2) is 65.5 Å². The molecule has 0 spiro atoms. The van der Waals surface area contributed by atoms with E-state index in [9.17, 15) is 14.0 Å². The molecule has 0 atom stereocenters. The number of carbonyl (C=O) groups excluding carboxylic acids is 1. The molecule has 140 valence electrons. The summed E-state index contributed by atoms with van der Waals surface area (Å²) in [5, 5.41) is 3.78. The zero-order chi connectivity index (χ0) is 19.8. The van der Waals surface area contributed by atoms with E-state index in [1.807, 2.05) is 41.8 Å². The quantitative estimate of drug-likeness (QED) is 0.503. The Morgan fingerprint density at radius 1 is 1.04 bits per heavy atom. The van der Waals surface area contributed by atoms with Crippen molar-refractivity contribution in [3.8, 4) is 0 Å². The number of amides is 1. The molecule has 4 rings (SSSR count). The van der Waals surface area contributed by atoms with Crippen LogP contribution in [0.25, 0.3) is 21.8 Å². The SMILES string of the molecule is Cc1ccc2c(c1)c(=O)c1ccccc1n2CC(=O)Nc1ccc(F)c(Cl)c1. The van der Waals surface area contributed by atoms with Gasteiger partial charge in [0.15, 0.2) is 5.43 Å². The lowest BCUT2D eigenvalue weighted by atomic mass is 10.1. The van der Waals surface area contributed by atoms with Gasteiger partial charge in [0, 0.05) is 16.5 Å². The predicted octanol–water partition coefficient (Wildman–Crippen LogP) is 4.89. The van der Waals surface area contributed by atoms with Crippen molar-refractivity contribution in [1.29, 1.82) is 0 Å². The smallest absolute Gasteiger partial charge is 0.244 e. The number of anilines is 1. The topological polar surface area (TPSA) is 51.1 Å². The Balaban J connectivity index is 1.80. The number of aryl methyl sites for hydroxylation is 1. The van der Waals surface area contributed by atoms with Gasteiger partial charge in [-0.15, -0.1) is 0 Å². The highest BCUT2D eigenvalue weighted by Gasteiger charge is 2.14. The molecule has 0 aliphatic rings. The van der Waals surface area contributed by atoms with Crippen molar-refractivity contribution in [2.75, 3.05) is 5.32 Å². The summed E-state index contributed by atoms with van der Waals surface area (Å²) in [7, 11) is 0. The Morgan fingerprint density at radius 3 is 2.57 bits per heavy atom. The van der Waals surface area contributed by atoms with Gasteiger partial charge in [-0.3, -0.25) is 9.59 Å². The van der Waals surface area contributed by atoms with Gasteiger partial charge in [0.1, 0.15) is 12.4 Å². The first-order valence-electron chi connectivity index (χ1n) is 8.71. The molecule has 6 heteroatoms. The Morgan fingerprint density at radius 2 is 1.79 bits per heavy atom. The van der Waals surface area contributed by atoms with Gasteiger partial charge in [0.05, 0.1) is 16.1 Å². The molecular formula is C22H16ClFN2O2. The molecular weight excluding hydrogens is 379 g/mol. The first kappa shape index (κ1) is 18.2. The van der Waals surface area contributed by atoms with Crippen molar-refractivity contribution in [1.82, 2.24) is 4.57 Å². The molecule has 0 saturated heterocycles. The minimum atomic E-state index is -0.549. The lowest BCUT2D eigenvalue weighted by Gasteiger charge is -2.15. The van der Waals surface area contributed by atoms with E-state index < -0.39 is 5.82 Å². The highest BCUT2D eigenvalue weighted by Crippen LogP contribution is 2.22. The van der Waals surface area contributed by atoms with Crippen molar-refractivity contribution in [3.63, 3.8) is 0 Å². The van der Waals surface area contributed by atoms with Crippen LogP contribution in [0.2, 0.25) is 5.02 Å². The molecule has 1 amide bonds. The number of benzene rings is 3. The molecule has 0 aliphatic heterocycles. The van der Waals surface area contributed by atoms with Crippen molar-refractivity contribution < 1.29 is 9.18 Å². The first-order valence-corrected chi connectivity index (χ1v) is 9.08. The number of pyridine rings is 1. The summed E-state index contributed by atoms with van der Waals surface area (Å²) in [6, 6.07) is 16.8. The molecule has 0 bridgehead atoms. The summed E-state index contributed by atoms with van der Waals surface area (Å²) in [5.74, 6) is -0.856. The van der Waals surface area contributed by atoms with E-state index in [2.05, 4.69) is 5.32 Å². The van der Waals surface area contributed by atoms with Crippen molar-refractivity contribution in [3.05, 3.63) is 87.3 Å². The normalized spacial score (nSPS) is 11.1. The van der Waals surface area contributed by atoms with Gasteiger partial charge in [-0.05, 0) is 49.4 Å². The number of halogens is 2. The van der Waals surface area contributed by atoms with Gasteiger partial charge in [-0.2, -0.15) is 0 Å². The number of fused-ring (bicyclic) bond motifs is 2. The molecule has 4 nitrogen and oxygen atoms in total. The Kier molecular flexibility index (Phi) is 4.61. The summed E-state index contributed by atoms with van der Waals surface area (Å²) in [6.45, 7) is 1.92. The average Bonchev–Trinajstić information content (AvgIpc) is 2.68. The van der Waals surface area contributed by atoms with Crippen LogP contribution in [-0.2, 0) is 11.3 Å². The Bertz CT molecular complexity index is 1300. The van der Waals surface area contributed by atoms with Crippen molar-refractivity contribution in [2.24, 2.45) is 0 Å². The predicted molar refractivity (Wildman–Crippen MR) is 110 cm³/mol. The van der Waals surface area contributed by atoms with E-state index in [1.54, 1.807) is 12.1 Å². The van der Waals surface area contributed by atoms with E-state index in [0.717, 1.165) is 5.56 Å². The largest absolute Gasteiger partial charge is 0.331 e. The van der Waals surface area contributed by atoms with E-state index in [1.165, 1.54) is 18.2 Å². The summed E-state index contributed by atoms with van der Waals surface area (Å²) >= 11 is 5.78.